The van der Waals surface area contributed by atoms with Crippen LogP contribution in [0.3, 0.4) is 0 Å². The van der Waals surface area contributed by atoms with Crippen LogP contribution in [0.2, 0.25) is 0 Å². The summed E-state index contributed by atoms with van der Waals surface area (Å²) < 4.78 is 0. The van der Waals surface area contributed by atoms with Crippen molar-refractivity contribution in [3.05, 3.63) is 11.9 Å². The number of likely N-dealkylation sites (tertiary alicyclic amines) is 1. The summed E-state index contributed by atoms with van der Waals surface area (Å²) in [7, 11) is 0. The van der Waals surface area contributed by atoms with Crippen molar-refractivity contribution >= 4 is 11.6 Å². The van der Waals surface area contributed by atoms with Crippen LogP contribution in [0.5, 0.6) is 0 Å². The Hall–Kier alpha value is -1.36. The lowest BCUT2D eigenvalue weighted by Crippen LogP contribution is -2.29. The molecular formula is C14H25N5. The number of nitrogen functional groups attached to an aromatic ring is 1. The topological polar surface area (TPSA) is 67.1 Å². The van der Waals surface area contributed by atoms with E-state index in [1.165, 1.54) is 19.5 Å². The van der Waals surface area contributed by atoms with Crippen molar-refractivity contribution in [1.82, 2.24) is 14.9 Å². The Morgan fingerprint density at radius 3 is 2.89 bits per heavy atom. The molecule has 0 amide bonds. The summed E-state index contributed by atoms with van der Waals surface area (Å²) in [4.78, 5) is 11.2. The van der Waals surface area contributed by atoms with Crippen LogP contribution < -0.4 is 11.1 Å². The number of nitrogens with zero attached hydrogens (tertiary/aromatic N) is 3. The Morgan fingerprint density at radius 1 is 1.47 bits per heavy atom. The summed E-state index contributed by atoms with van der Waals surface area (Å²) in [6.07, 6.45) is 2.07. The number of anilines is 2. The Kier molecular flexibility index (Phi) is 4.58. The molecule has 3 N–H and O–H groups in total. The molecule has 5 nitrogen and oxygen atoms in total. The van der Waals surface area contributed by atoms with E-state index in [1.54, 1.807) is 0 Å². The normalized spacial score (nSPS) is 20.1. The first-order valence-electron chi connectivity index (χ1n) is 7.19. The van der Waals surface area contributed by atoms with Crippen molar-refractivity contribution in [3.8, 4) is 0 Å². The zero-order chi connectivity index (χ0) is 13.8. The SMILES string of the molecule is CCc1nc(N)cc(NCC2CCN(C(C)C)C2)n1. The molecule has 0 aliphatic carbocycles. The molecule has 1 aromatic rings. The Labute approximate surface area is 115 Å². The predicted octanol–water partition coefficient (Wildman–Crippen LogP) is 1.76. The van der Waals surface area contributed by atoms with E-state index in [1.807, 2.05) is 13.0 Å². The predicted molar refractivity (Wildman–Crippen MR) is 79.1 cm³/mol. The lowest BCUT2D eigenvalue weighted by atomic mass is 10.1. The average molecular weight is 263 g/mol. The average Bonchev–Trinajstić information content (AvgIpc) is 2.84. The number of rotatable bonds is 5. The minimum absolute atomic E-state index is 0.546. The first-order valence-corrected chi connectivity index (χ1v) is 7.19. The Morgan fingerprint density at radius 2 is 2.26 bits per heavy atom. The van der Waals surface area contributed by atoms with E-state index < -0.39 is 0 Å². The van der Waals surface area contributed by atoms with Crippen LogP contribution in [0, 0.1) is 5.92 Å². The van der Waals surface area contributed by atoms with E-state index in [-0.39, 0.29) is 0 Å². The quantitative estimate of drug-likeness (QED) is 0.847. The third-order valence-electron chi connectivity index (χ3n) is 3.73. The van der Waals surface area contributed by atoms with Gasteiger partial charge in [-0.3, -0.25) is 0 Å². The fourth-order valence-corrected chi connectivity index (χ4v) is 2.51. The first-order chi connectivity index (χ1) is 9.08. The van der Waals surface area contributed by atoms with Gasteiger partial charge in [0.1, 0.15) is 17.5 Å². The molecule has 106 valence electrons. The molecule has 1 unspecified atom stereocenters. The van der Waals surface area contributed by atoms with Crippen molar-refractivity contribution in [2.75, 3.05) is 30.7 Å². The van der Waals surface area contributed by atoms with E-state index in [0.29, 0.717) is 17.8 Å². The van der Waals surface area contributed by atoms with E-state index in [9.17, 15) is 0 Å². The number of aryl methyl sites for hydroxylation is 1. The maximum atomic E-state index is 5.78. The van der Waals surface area contributed by atoms with Crippen molar-refractivity contribution in [3.63, 3.8) is 0 Å². The van der Waals surface area contributed by atoms with Crippen LogP contribution in [-0.4, -0.2) is 40.5 Å². The Bertz CT molecular complexity index is 418. The van der Waals surface area contributed by atoms with Gasteiger partial charge < -0.3 is 16.0 Å². The standard InChI is InChI=1S/C14H25N5/c1-4-13-17-12(15)7-14(18-13)16-8-11-5-6-19(9-11)10(2)3/h7,10-11H,4-6,8-9H2,1-3H3,(H3,15,16,17,18). The molecule has 1 aromatic heterocycles. The summed E-state index contributed by atoms with van der Waals surface area (Å²) in [5.74, 6) is 2.90. The number of hydrogen-bond acceptors (Lipinski definition) is 5. The van der Waals surface area contributed by atoms with E-state index in [4.69, 9.17) is 5.73 Å². The number of nitrogens with one attached hydrogen (secondary N) is 1. The van der Waals surface area contributed by atoms with Gasteiger partial charge >= 0.3 is 0 Å². The zero-order valence-electron chi connectivity index (χ0n) is 12.2. The number of hydrogen-bond donors (Lipinski definition) is 2. The molecule has 5 heteroatoms. The van der Waals surface area contributed by atoms with Crippen molar-refractivity contribution in [2.45, 2.75) is 39.7 Å². The van der Waals surface area contributed by atoms with E-state index in [2.05, 4.69) is 34.0 Å². The molecule has 0 saturated carbocycles. The first kappa shape index (κ1) is 14.1. The highest BCUT2D eigenvalue weighted by Gasteiger charge is 2.23. The minimum atomic E-state index is 0.546. The zero-order valence-corrected chi connectivity index (χ0v) is 12.2. The molecule has 1 atom stereocenters. The lowest BCUT2D eigenvalue weighted by Gasteiger charge is -2.20. The summed E-state index contributed by atoms with van der Waals surface area (Å²) in [6, 6.07) is 2.46. The molecule has 19 heavy (non-hydrogen) atoms. The highest BCUT2D eigenvalue weighted by Crippen LogP contribution is 2.19. The molecule has 1 saturated heterocycles. The van der Waals surface area contributed by atoms with Crippen LogP contribution in [-0.2, 0) is 6.42 Å². The van der Waals surface area contributed by atoms with Gasteiger partial charge in [0, 0.05) is 31.6 Å². The fourth-order valence-electron chi connectivity index (χ4n) is 2.51. The van der Waals surface area contributed by atoms with Crippen LogP contribution in [0.1, 0.15) is 33.0 Å². The largest absolute Gasteiger partial charge is 0.384 e. The van der Waals surface area contributed by atoms with Crippen molar-refractivity contribution < 1.29 is 0 Å². The molecule has 1 aliphatic rings. The van der Waals surface area contributed by atoms with Gasteiger partial charge in [-0.2, -0.15) is 0 Å². The second kappa shape index (κ2) is 6.19. The van der Waals surface area contributed by atoms with Gasteiger partial charge in [-0.1, -0.05) is 6.92 Å². The Balaban J connectivity index is 1.87. The molecule has 0 radical (unpaired) electrons. The highest BCUT2D eigenvalue weighted by atomic mass is 15.2. The smallest absolute Gasteiger partial charge is 0.132 e. The van der Waals surface area contributed by atoms with E-state index in [0.717, 1.165) is 24.6 Å². The van der Waals surface area contributed by atoms with Crippen molar-refractivity contribution in [1.29, 1.82) is 0 Å². The number of aromatic nitrogens is 2. The molecule has 2 heterocycles. The van der Waals surface area contributed by atoms with Gasteiger partial charge in [0.2, 0.25) is 0 Å². The maximum Gasteiger partial charge on any atom is 0.132 e. The summed E-state index contributed by atoms with van der Waals surface area (Å²) in [6.45, 7) is 9.89. The third-order valence-corrected chi connectivity index (χ3v) is 3.73. The summed E-state index contributed by atoms with van der Waals surface area (Å²) in [5.41, 5.74) is 5.78. The molecule has 0 bridgehead atoms. The molecule has 1 aliphatic heterocycles. The monoisotopic (exact) mass is 263 g/mol. The van der Waals surface area contributed by atoms with Gasteiger partial charge in [-0.25, -0.2) is 9.97 Å². The van der Waals surface area contributed by atoms with Crippen LogP contribution in [0.15, 0.2) is 6.07 Å². The van der Waals surface area contributed by atoms with Gasteiger partial charge in [0.05, 0.1) is 0 Å². The lowest BCUT2D eigenvalue weighted by molar-refractivity contribution is 0.266. The van der Waals surface area contributed by atoms with E-state index >= 15 is 0 Å². The summed E-state index contributed by atoms with van der Waals surface area (Å²) >= 11 is 0. The molecule has 0 spiro atoms. The third kappa shape index (κ3) is 3.80. The molecule has 2 rings (SSSR count). The van der Waals surface area contributed by atoms with Gasteiger partial charge in [-0.05, 0) is 32.7 Å². The second-order valence-electron chi connectivity index (χ2n) is 5.57. The second-order valence-corrected chi connectivity index (χ2v) is 5.57. The van der Waals surface area contributed by atoms with Crippen LogP contribution in [0.4, 0.5) is 11.6 Å². The molecular weight excluding hydrogens is 238 g/mol. The maximum absolute atomic E-state index is 5.78. The fraction of sp³-hybridized carbons (Fsp3) is 0.714. The summed E-state index contributed by atoms with van der Waals surface area (Å²) in [5, 5.41) is 3.40. The molecule has 1 fully saturated rings. The molecule has 0 aromatic carbocycles. The van der Waals surface area contributed by atoms with Crippen LogP contribution in [0.25, 0.3) is 0 Å². The van der Waals surface area contributed by atoms with Crippen molar-refractivity contribution in [2.24, 2.45) is 5.92 Å². The van der Waals surface area contributed by atoms with Gasteiger partial charge in [0.25, 0.3) is 0 Å². The van der Waals surface area contributed by atoms with Crippen LogP contribution >= 0.6 is 0 Å². The van der Waals surface area contributed by atoms with Gasteiger partial charge in [-0.15, -0.1) is 0 Å². The van der Waals surface area contributed by atoms with Gasteiger partial charge in [0.15, 0.2) is 0 Å². The highest BCUT2D eigenvalue weighted by molar-refractivity contribution is 5.44. The minimum Gasteiger partial charge on any atom is -0.384 e. The number of nitrogens with two attached hydrogens (primary N) is 1.